The summed E-state index contributed by atoms with van der Waals surface area (Å²) in [6, 6.07) is -0.0981. The molecule has 82 valence electrons. The molecule has 0 aromatic carbocycles. The van der Waals surface area contributed by atoms with E-state index >= 15 is 0 Å². The highest BCUT2D eigenvalue weighted by molar-refractivity contribution is 5.76. The highest BCUT2D eigenvalue weighted by Gasteiger charge is 2.24. The third-order valence-corrected chi connectivity index (χ3v) is 2.22. The van der Waals surface area contributed by atoms with E-state index in [4.69, 9.17) is 9.47 Å². The van der Waals surface area contributed by atoms with Crippen LogP contribution in [0.1, 0.15) is 26.7 Å². The monoisotopic (exact) mass is 201 g/mol. The average Bonchev–Trinajstić information content (AvgIpc) is 2.67. The van der Waals surface area contributed by atoms with Gasteiger partial charge in [0.15, 0.2) is 0 Å². The first kappa shape index (κ1) is 11.5. The number of esters is 1. The molecule has 1 fully saturated rings. The van der Waals surface area contributed by atoms with Crippen LogP contribution in [0.3, 0.4) is 0 Å². The van der Waals surface area contributed by atoms with Crippen molar-refractivity contribution < 1.29 is 14.3 Å². The Morgan fingerprint density at radius 3 is 3.00 bits per heavy atom. The average molecular weight is 201 g/mol. The Kier molecular flexibility index (Phi) is 4.90. The molecule has 0 aromatic heterocycles. The van der Waals surface area contributed by atoms with Crippen LogP contribution >= 0.6 is 0 Å². The Bertz CT molecular complexity index is 178. The minimum atomic E-state index is -0.148. The molecule has 2 atom stereocenters. The van der Waals surface area contributed by atoms with E-state index in [1.54, 1.807) is 0 Å². The summed E-state index contributed by atoms with van der Waals surface area (Å²) in [5.41, 5.74) is 0. The third kappa shape index (κ3) is 3.64. The van der Waals surface area contributed by atoms with Gasteiger partial charge >= 0.3 is 5.97 Å². The van der Waals surface area contributed by atoms with Crippen molar-refractivity contribution >= 4 is 5.97 Å². The molecule has 1 N–H and O–H groups in total. The van der Waals surface area contributed by atoms with Crippen LogP contribution in [-0.2, 0) is 14.3 Å². The minimum Gasteiger partial charge on any atom is -0.459 e. The molecule has 4 heteroatoms. The molecule has 2 unspecified atom stereocenters. The van der Waals surface area contributed by atoms with Crippen LogP contribution in [-0.4, -0.2) is 37.9 Å². The SMILES string of the molecule is CCOCC(C)OC(=O)C1CCCN1. The smallest absolute Gasteiger partial charge is 0.323 e. The quantitative estimate of drug-likeness (QED) is 0.665. The van der Waals surface area contributed by atoms with E-state index in [0.717, 1.165) is 19.4 Å². The normalized spacial score (nSPS) is 23.4. The Balaban J connectivity index is 2.18. The summed E-state index contributed by atoms with van der Waals surface area (Å²) >= 11 is 0. The predicted octanol–water partition coefficient (Wildman–Crippen LogP) is 0.707. The molecule has 0 aliphatic carbocycles. The summed E-state index contributed by atoms with van der Waals surface area (Å²) in [6.45, 7) is 5.83. The highest BCUT2D eigenvalue weighted by atomic mass is 16.6. The molecule has 0 bridgehead atoms. The van der Waals surface area contributed by atoms with E-state index in [-0.39, 0.29) is 18.1 Å². The van der Waals surface area contributed by atoms with Crippen LogP contribution in [0, 0.1) is 0 Å². The van der Waals surface area contributed by atoms with E-state index < -0.39 is 0 Å². The molecule has 0 radical (unpaired) electrons. The van der Waals surface area contributed by atoms with Crippen molar-refractivity contribution in [3.8, 4) is 0 Å². The van der Waals surface area contributed by atoms with Gasteiger partial charge < -0.3 is 14.8 Å². The maximum atomic E-state index is 11.5. The maximum Gasteiger partial charge on any atom is 0.323 e. The van der Waals surface area contributed by atoms with Crippen molar-refractivity contribution in [1.82, 2.24) is 5.32 Å². The number of hydrogen-bond acceptors (Lipinski definition) is 4. The maximum absolute atomic E-state index is 11.5. The van der Waals surface area contributed by atoms with Gasteiger partial charge in [-0.15, -0.1) is 0 Å². The molecule has 14 heavy (non-hydrogen) atoms. The van der Waals surface area contributed by atoms with E-state index in [1.165, 1.54) is 0 Å². The molecule has 0 aromatic rings. The van der Waals surface area contributed by atoms with Crippen LogP contribution in [0.25, 0.3) is 0 Å². The standard InChI is InChI=1S/C10H19NO3/c1-3-13-7-8(2)14-10(12)9-5-4-6-11-9/h8-9,11H,3-7H2,1-2H3. The second-order valence-corrected chi connectivity index (χ2v) is 3.56. The molecule has 1 heterocycles. The van der Waals surface area contributed by atoms with Gasteiger partial charge in [-0.05, 0) is 33.2 Å². The lowest BCUT2D eigenvalue weighted by Gasteiger charge is -2.16. The van der Waals surface area contributed by atoms with Gasteiger partial charge in [0.25, 0.3) is 0 Å². The van der Waals surface area contributed by atoms with Gasteiger partial charge in [0.05, 0.1) is 6.61 Å². The van der Waals surface area contributed by atoms with Gasteiger partial charge in [-0.3, -0.25) is 4.79 Å². The second kappa shape index (κ2) is 5.98. The lowest BCUT2D eigenvalue weighted by atomic mass is 10.2. The summed E-state index contributed by atoms with van der Waals surface area (Å²) in [5, 5.41) is 3.10. The summed E-state index contributed by atoms with van der Waals surface area (Å²) < 4.78 is 10.4. The van der Waals surface area contributed by atoms with E-state index in [0.29, 0.717) is 13.2 Å². The van der Waals surface area contributed by atoms with Crippen molar-refractivity contribution in [2.24, 2.45) is 0 Å². The first-order valence-electron chi connectivity index (χ1n) is 5.25. The van der Waals surface area contributed by atoms with Crippen LogP contribution in [0.5, 0.6) is 0 Å². The molecule has 1 rings (SSSR count). The fourth-order valence-corrected chi connectivity index (χ4v) is 1.48. The molecule has 1 aliphatic heterocycles. The number of hydrogen-bond donors (Lipinski definition) is 1. The van der Waals surface area contributed by atoms with Gasteiger partial charge in [-0.25, -0.2) is 0 Å². The molecule has 4 nitrogen and oxygen atoms in total. The summed E-state index contributed by atoms with van der Waals surface area (Å²) in [6.07, 6.45) is 1.80. The predicted molar refractivity (Wildman–Crippen MR) is 53.1 cm³/mol. The zero-order valence-corrected chi connectivity index (χ0v) is 8.91. The van der Waals surface area contributed by atoms with Crippen molar-refractivity contribution in [1.29, 1.82) is 0 Å². The topological polar surface area (TPSA) is 47.6 Å². The molecular weight excluding hydrogens is 182 g/mol. The number of carbonyl (C=O) groups is 1. The van der Waals surface area contributed by atoms with Gasteiger partial charge in [0.2, 0.25) is 0 Å². The molecule has 0 saturated carbocycles. The van der Waals surface area contributed by atoms with Gasteiger partial charge in [-0.1, -0.05) is 0 Å². The fraction of sp³-hybridized carbons (Fsp3) is 0.900. The highest BCUT2D eigenvalue weighted by Crippen LogP contribution is 2.07. The Morgan fingerprint density at radius 1 is 1.64 bits per heavy atom. The molecule has 1 aliphatic rings. The van der Waals surface area contributed by atoms with Gasteiger partial charge in [0.1, 0.15) is 12.1 Å². The zero-order valence-electron chi connectivity index (χ0n) is 8.91. The molecular formula is C10H19NO3. The van der Waals surface area contributed by atoms with Crippen LogP contribution in [0.15, 0.2) is 0 Å². The van der Waals surface area contributed by atoms with Crippen LogP contribution in [0.2, 0.25) is 0 Å². The van der Waals surface area contributed by atoms with E-state index in [1.807, 2.05) is 13.8 Å². The summed E-state index contributed by atoms with van der Waals surface area (Å²) in [4.78, 5) is 11.5. The lowest BCUT2D eigenvalue weighted by molar-refractivity contribution is -0.153. The number of carbonyl (C=O) groups excluding carboxylic acids is 1. The molecule has 0 amide bonds. The van der Waals surface area contributed by atoms with Crippen molar-refractivity contribution in [3.63, 3.8) is 0 Å². The summed E-state index contributed by atoms with van der Waals surface area (Å²) in [5.74, 6) is -0.144. The zero-order chi connectivity index (χ0) is 10.4. The Morgan fingerprint density at radius 2 is 2.43 bits per heavy atom. The van der Waals surface area contributed by atoms with Crippen molar-refractivity contribution in [3.05, 3.63) is 0 Å². The Labute approximate surface area is 85.0 Å². The number of ether oxygens (including phenoxy) is 2. The van der Waals surface area contributed by atoms with Crippen LogP contribution < -0.4 is 5.32 Å². The summed E-state index contributed by atoms with van der Waals surface area (Å²) in [7, 11) is 0. The van der Waals surface area contributed by atoms with Gasteiger partial charge in [-0.2, -0.15) is 0 Å². The number of rotatable bonds is 5. The Hall–Kier alpha value is -0.610. The lowest BCUT2D eigenvalue weighted by Crippen LogP contribution is -2.35. The first-order chi connectivity index (χ1) is 6.74. The van der Waals surface area contributed by atoms with E-state index in [2.05, 4.69) is 5.32 Å². The third-order valence-electron chi connectivity index (χ3n) is 2.22. The largest absolute Gasteiger partial charge is 0.459 e. The van der Waals surface area contributed by atoms with Crippen molar-refractivity contribution in [2.75, 3.05) is 19.8 Å². The van der Waals surface area contributed by atoms with Crippen molar-refractivity contribution in [2.45, 2.75) is 38.8 Å². The molecule has 0 spiro atoms. The minimum absolute atomic E-state index is 0.0981. The first-order valence-corrected chi connectivity index (χ1v) is 5.25. The van der Waals surface area contributed by atoms with Gasteiger partial charge in [0, 0.05) is 6.61 Å². The van der Waals surface area contributed by atoms with Crippen LogP contribution in [0.4, 0.5) is 0 Å². The van der Waals surface area contributed by atoms with E-state index in [9.17, 15) is 4.79 Å². The second-order valence-electron chi connectivity index (χ2n) is 3.56. The number of nitrogens with one attached hydrogen (secondary N) is 1. The molecule has 1 saturated heterocycles. The fourth-order valence-electron chi connectivity index (χ4n) is 1.48.